The Balaban J connectivity index is 3.15. The molecule has 1 amide bonds. The van der Waals surface area contributed by atoms with Gasteiger partial charge in [0.1, 0.15) is 5.75 Å². The van der Waals surface area contributed by atoms with Crippen molar-refractivity contribution >= 4 is 17.4 Å². The molecule has 0 radical (unpaired) electrons. The number of anilines is 1. The summed E-state index contributed by atoms with van der Waals surface area (Å²) in [5, 5.41) is 2.57. The average molecular weight is 222 g/mol. The number of amides is 1. The standard InChI is InChI=1S/C11H14N2O3/c1-7(14)13-10-4-3-8(16-2)5-9(10)11(15)6-12/h3-5H,6,12H2,1-2H3,(H,13,14). The number of benzene rings is 1. The van der Waals surface area contributed by atoms with Crippen molar-refractivity contribution in [1.82, 2.24) is 0 Å². The fourth-order valence-electron chi connectivity index (χ4n) is 1.29. The van der Waals surface area contributed by atoms with E-state index in [2.05, 4.69) is 5.32 Å². The van der Waals surface area contributed by atoms with Crippen LogP contribution >= 0.6 is 0 Å². The monoisotopic (exact) mass is 222 g/mol. The molecule has 16 heavy (non-hydrogen) atoms. The van der Waals surface area contributed by atoms with Crippen LogP contribution in [0.4, 0.5) is 5.69 Å². The Hall–Kier alpha value is -1.88. The van der Waals surface area contributed by atoms with Crippen molar-refractivity contribution in [1.29, 1.82) is 0 Å². The number of methoxy groups -OCH3 is 1. The highest BCUT2D eigenvalue weighted by molar-refractivity contribution is 6.05. The Morgan fingerprint density at radius 2 is 2.12 bits per heavy atom. The summed E-state index contributed by atoms with van der Waals surface area (Å²) in [7, 11) is 1.50. The van der Waals surface area contributed by atoms with Gasteiger partial charge in [-0.3, -0.25) is 9.59 Å². The first kappa shape index (κ1) is 12.2. The molecule has 5 nitrogen and oxygen atoms in total. The van der Waals surface area contributed by atoms with Crippen LogP contribution in [-0.4, -0.2) is 25.3 Å². The van der Waals surface area contributed by atoms with E-state index in [1.165, 1.54) is 14.0 Å². The van der Waals surface area contributed by atoms with Gasteiger partial charge in [-0.05, 0) is 18.2 Å². The molecule has 0 saturated heterocycles. The minimum Gasteiger partial charge on any atom is -0.497 e. The summed E-state index contributed by atoms with van der Waals surface area (Å²) >= 11 is 0. The van der Waals surface area contributed by atoms with Crippen LogP contribution < -0.4 is 15.8 Å². The number of hydrogen-bond acceptors (Lipinski definition) is 4. The molecule has 1 aromatic carbocycles. The van der Waals surface area contributed by atoms with Gasteiger partial charge in [0.15, 0.2) is 5.78 Å². The van der Waals surface area contributed by atoms with Gasteiger partial charge < -0.3 is 15.8 Å². The third-order valence-corrected chi connectivity index (χ3v) is 2.02. The smallest absolute Gasteiger partial charge is 0.221 e. The Bertz CT molecular complexity index is 416. The molecule has 86 valence electrons. The van der Waals surface area contributed by atoms with Crippen LogP contribution in [0, 0.1) is 0 Å². The molecule has 0 heterocycles. The van der Waals surface area contributed by atoms with E-state index in [1.54, 1.807) is 18.2 Å². The number of carbonyl (C=O) groups excluding carboxylic acids is 2. The summed E-state index contributed by atoms with van der Waals surface area (Å²) in [6, 6.07) is 4.84. The van der Waals surface area contributed by atoms with Crippen LogP contribution in [0.5, 0.6) is 5.75 Å². The molecule has 0 saturated carbocycles. The normalized spacial score (nSPS) is 9.69. The summed E-state index contributed by atoms with van der Waals surface area (Å²) in [5.41, 5.74) is 6.10. The summed E-state index contributed by atoms with van der Waals surface area (Å²) in [5.74, 6) is 0.0600. The number of ketones is 1. The third kappa shape index (κ3) is 2.80. The van der Waals surface area contributed by atoms with Gasteiger partial charge in [0.25, 0.3) is 0 Å². The van der Waals surface area contributed by atoms with E-state index in [1.807, 2.05) is 0 Å². The minimum atomic E-state index is -0.248. The van der Waals surface area contributed by atoms with Crippen molar-refractivity contribution in [3.8, 4) is 5.75 Å². The Labute approximate surface area is 93.6 Å². The van der Waals surface area contributed by atoms with E-state index < -0.39 is 0 Å². The topological polar surface area (TPSA) is 81.4 Å². The zero-order chi connectivity index (χ0) is 12.1. The van der Waals surface area contributed by atoms with Crippen LogP contribution in [0.25, 0.3) is 0 Å². The lowest BCUT2D eigenvalue weighted by Gasteiger charge is -2.10. The summed E-state index contributed by atoms with van der Waals surface area (Å²) in [4.78, 5) is 22.5. The Kier molecular flexibility index (Phi) is 4.02. The van der Waals surface area contributed by atoms with Crippen LogP contribution in [0.2, 0.25) is 0 Å². The highest BCUT2D eigenvalue weighted by Crippen LogP contribution is 2.22. The van der Waals surface area contributed by atoms with Crippen molar-refractivity contribution < 1.29 is 14.3 Å². The summed E-state index contributed by atoms with van der Waals surface area (Å²) in [6.45, 7) is 1.26. The lowest BCUT2D eigenvalue weighted by Crippen LogP contribution is -2.17. The summed E-state index contributed by atoms with van der Waals surface area (Å²) < 4.78 is 5.00. The molecule has 0 aromatic heterocycles. The molecule has 3 N–H and O–H groups in total. The zero-order valence-electron chi connectivity index (χ0n) is 9.24. The second-order valence-corrected chi connectivity index (χ2v) is 3.22. The molecule has 0 bridgehead atoms. The fourth-order valence-corrected chi connectivity index (χ4v) is 1.29. The molecule has 0 aliphatic heterocycles. The van der Waals surface area contributed by atoms with Crippen molar-refractivity contribution in [3.05, 3.63) is 23.8 Å². The third-order valence-electron chi connectivity index (χ3n) is 2.02. The lowest BCUT2D eigenvalue weighted by atomic mass is 10.1. The van der Waals surface area contributed by atoms with E-state index in [0.717, 1.165) is 0 Å². The maximum atomic E-state index is 11.6. The van der Waals surface area contributed by atoms with E-state index in [9.17, 15) is 9.59 Å². The molecule has 0 atom stereocenters. The number of Topliss-reactive ketones (excluding diaryl/α,β-unsaturated/α-hetero) is 1. The van der Waals surface area contributed by atoms with Crippen LogP contribution in [0.15, 0.2) is 18.2 Å². The fraction of sp³-hybridized carbons (Fsp3) is 0.273. The second-order valence-electron chi connectivity index (χ2n) is 3.22. The van der Waals surface area contributed by atoms with Crippen molar-refractivity contribution in [2.75, 3.05) is 19.0 Å². The first-order valence-corrected chi connectivity index (χ1v) is 4.77. The Morgan fingerprint density at radius 3 is 2.62 bits per heavy atom. The van der Waals surface area contributed by atoms with Crippen molar-refractivity contribution in [2.45, 2.75) is 6.92 Å². The van der Waals surface area contributed by atoms with Crippen molar-refractivity contribution in [2.24, 2.45) is 5.73 Å². The van der Waals surface area contributed by atoms with Gasteiger partial charge in [-0.15, -0.1) is 0 Å². The largest absolute Gasteiger partial charge is 0.497 e. The molecule has 0 aliphatic rings. The van der Waals surface area contributed by atoms with Gasteiger partial charge in [-0.1, -0.05) is 0 Å². The summed E-state index contributed by atoms with van der Waals surface area (Å²) in [6.07, 6.45) is 0. The lowest BCUT2D eigenvalue weighted by molar-refractivity contribution is -0.114. The highest BCUT2D eigenvalue weighted by atomic mass is 16.5. The van der Waals surface area contributed by atoms with E-state index in [0.29, 0.717) is 17.0 Å². The predicted molar refractivity (Wildman–Crippen MR) is 60.7 cm³/mol. The molecule has 0 unspecified atom stereocenters. The van der Waals surface area contributed by atoms with E-state index >= 15 is 0 Å². The van der Waals surface area contributed by atoms with Gasteiger partial charge in [0.05, 0.1) is 19.3 Å². The quantitative estimate of drug-likeness (QED) is 0.738. The zero-order valence-corrected chi connectivity index (χ0v) is 9.24. The van der Waals surface area contributed by atoms with Crippen LogP contribution in [0.3, 0.4) is 0 Å². The minimum absolute atomic E-state index is 0.111. The Morgan fingerprint density at radius 1 is 1.44 bits per heavy atom. The predicted octanol–water partition coefficient (Wildman–Crippen LogP) is 0.795. The van der Waals surface area contributed by atoms with E-state index in [-0.39, 0.29) is 18.2 Å². The highest BCUT2D eigenvalue weighted by Gasteiger charge is 2.12. The van der Waals surface area contributed by atoms with E-state index in [4.69, 9.17) is 10.5 Å². The maximum Gasteiger partial charge on any atom is 0.221 e. The van der Waals surface area contributed by atoms with Crippen LogP contribution in [-0.2, 0) is 4.79 Å². The molecule has 0 fully saturated rings. The first-order valence-electron chi connectivity index (χ1n) is 4.77. The van der Waals surface area contributed by atoms with Crippen molar-refractivity contribution in [3.63, 3.8) is 0 Å². The number of rotatable bonds is 4. The van der Waals surface area contributed by atoms with Gasteiger partial charge >= 0.3 is 0 Å². The molecule has 0 spiro atoms. The molecule has 1 rings (SSSR count). The number of carbonyl (C=O) groups is 2. The molecule has 5 heteroatoms. The number of ether oxygens (including phenoxy) is 1. The molecular formula is C11H14N2O3. The maximum absolute atomic E-state index is 11.6. The average Bonchev–Trinajstić information content (AvgIpc) is 2.28. The second kappa shape index (κ2) is 5.27. The van der Waals surface area contributed by atoms with Gasteiger partial charge in [0, 0.05) is 12.5 Å². The number of nitrogens with two attached hydrogens (primary N) is 1. The number of hydrogen-bond donors (Lipinski definition) is 2. The SMILES string of the molecule is COc1ccc(NC(C)=O)c(C(=O)CN)c1. The molecular weight excluding hydrogens is 208 g/mol. The van der Waals surface area contributed by atoms with Crippen LogP contribution in [0.1, 0.15) is 17.3 Å². The van der Waals surface area contributed by atoms with Gasteiger partial charge in [0.2, 0.25) is 5.91 Å². The number of nitrogens with one attached hydrogen (secondary N) is 1. The first-order chi connectivity index (χ1) is 7.58. The molecule has 1 aromatic rings. The van der Waals surface area contributed by atoms with Gasteiger partial charge in [-0.25, -0.2) is 0 Å². The molecule has 0 aliphatic carbocycles. The van der Waals surface area contributed by atoms with Gasteiger partial charge in [-0.2, -0.15) is 0 Å².